The SMILES string of the molecule is O=C(c1ccc(=O)n(CCOc2ccccc2)n1)N1CCCC1c1nc2ccccc2s1. The maximum atomic E-state index is 13.3. The average Bonchev–Trinajstić information content (AvgIpc) is 3.47. The predicted octanol–water partition coefficient (Wildman–Crippen LogP) is 3.91. The highest BCUT2D eigenvalue weighted by Gasteiger charge is 2.33. The first kappa shape index (κ1) is 20.4. The Morgan fingerprint density at radius 1 is 1.06 bits per heavy atom. The van der Waals surface area contributed by atoms with Crippen LogP contribution >= 0.6 is 11.3 Å². The topological polar surface area (TPSA) is 77.3 Å². The Balaban J connectivity index is 1.33. The summed E-state index contributed by atoms with van der Waals surface area (Å²) in [5.74, 6) is 0.549. The van der Waals surface area contributed by atoms with E-state index in [1.54, 1.807) is 11.3 Å². The quantitative estimate of drug-likeness (QED) is 0.449. The van der Waals surface area contributed by atoms with Crippen LogP contribution in [0.2, 0.25) is 0 Å². The molecule has 2 aromatic carbocycles. The summed E-state index contributed by atoms with van der Waals surface area (Å²) in [5.41, 5.74) is 0.955. The third-order valence-electron chi connectivity index (χ3n) is 5.51. The molecule has 1 aliphatic heterocycles. The minimum Gasteiger partial charge on any atom is -0.492 e. The van der Waals surface area contributed by atoms with E-state index in [-0.39, 0.29) is 36.4 Å². The summed E-state index contributed by atoms with van der Waals surface area (Å²) < 4.78 is 8.07. The summed E-state index contributed by atoms with van der Waals surface area (Å²) in [4.78, 5) is 32.1. The molecule has 8 heteroatoms. The summed E-state index contributed by atoms with van der Waals surface area (Å²) in [7, 11) is 0. The van der Waals surface area contributed by atoms with Crippen LogP contribution in [-0.2, 0) is 6.54 Å². The Hall–Kier alpha value is -3.52. The number of fused-ring (bicyclic) bond motifs is 1. The van der Waals surface area contributed by atoms with Crippen molar-refractivity contribution in [3.05, 3.63) is 87.8 Å². The molecule has 4 aromatic rings. The normalized spacial score (nSPS) is 15.9. The van der Waals surface area contributed by atoms with Gasteiger partial charge in [-0.15, -0.1) is 11.3 Å². The van der Waals surface area contributed by atoms with Gasteiger partial charge in [-0.2, -0.15) is 5.10 Å². The standard InChI is InChI=1S/C24H22N4O3S/c29-22-13-12-19(26-28(22)15-16-31-17-7-2-1-3-8-17)24(30)27-14-6-10-20(27)23-25-18-9-4-5-11-21(18)32-23/h1-5,7-9,11-13,20H,6,10,14-16H2. The maximum Gasteiger partial charge on any atom is 0.274 e. The molecule has 1 saturated heterocycles. The molecule has 1 aliphatic rings. The second-order valence-electron chi connectivity index (χ2n) is 7.62. The van der Waals surface area contributed by atoms with Crippen LogP contribution in [0.25, 0.3) is 10.2 Å². The van der Waals surface area contributed by atoms with Crippen LogP contribution in [0.1, 0.15) is 34.4 Å². The Kier molecular flexibility index (Phi) is 5.68. The fraction of sp³-hybridized carbons (Fsp3) is 0.250. The van der Waals surface area contributed by atoms with Gasteiger partial charge in [0.2, 0.25) is 0 Å². The molecule has 1 atom stereocenters. The number of amides is 1. The minimum atomic E-state index is -0.262. The lowest BCUT2D eigenvalue weighted by Crippen LogP contribution is -2.34. The van der Waals surface area contributed by atoms with Crippen molar-refractivity contribution in [1.82, 2.24) is 19.7 Å². The van der Waals surface area contributed by atoms with E-state index in [1.165, 1.54) is 16.8 Å². The first-order valence-electron chi connectivity index (χ1n) is 10.6. The van der Waals surface area contributed by atoms with Crippen molar-refractivity contribution >= 4 is 27.5 Å². The Morgan fingerprint density at radius 2 is 1.88 bits per heavy atom. The summed E-state index contributed by atoms with van der Waals surface area (Å²) in [6.45, 7) is 1.19. The number of nitrogens with zero attached hydrogens (tertiary/aromatic N) is 4. The molecule has 0 aliphatic carbocycles. The number of para-hydroxylation sites is 2. The van der Waals surface area contributed by atoms with Gasteiger partial charge in [-0.3, -0.25) is 9.59 Å². The number of benzene rings is 2. The van der Waals surface area contributed by atoms with Gasteiger partial charge in [-0.05, 0) is 43.2 Å². The number of thiazole rings is 1. The summed E-state index contributed by atoms with van der Waals surface area (Å²) in [6, 6.07) is 20.2. The highest BCUT2D eigenvalue weighted by atomic mass is 32.1. The van der Waals surface area contributed by atoms with Gasteiger partial charge in [0.25, 0.3) is 11.5 Å². The van der Waals surface area contributed by atoms with Crippen molar-refractivity contribution < 1.29 is 9.53 Å². The van der Waals surface area contributed by atoms with E-state index in [0.29, 0.717) is 6.54 Å². The molecule has 1 amide bonds. The van der Waals surface area contributed by atoms with Gasteiger partial charge in [-0.1, -0.05) is 30.3 Å². The number of hydrogen-bond acceptors (Lipinski definition) is 6. The molecule has 5 rings (SSSR count). The van der Waals surface area contributed by atoms with E-state index in [2.05, 4.69) is 5.10 Å². The van der Waals surface area contributed by atoms with Gasteiger partial charge in [0.15, 0.2) is 0 Å². The lowest BCUT2D eigenvalue weighted by atomic mass is 10.2. The van der Waals surface area contributed by atoms with Gasteiger partial charge in [0.1, 0.15) is 23.1 Å². The van der Waals surface area contributed by atoms with E-state index < -0.39 is 0 Å². The average molecular weight is 447 g/mol. The number of hydrogen-bond donors (Lipinski definition) is 0. The van der Waals surface area contributed by atoms with E-state index in [1.807, 2.05) is 59.5 Å². The van der Waals surface area contributed by atoms with E-state index in [0.717, 1.165) is 33.8 Å². The maximum absolute atomic E-state index is 13.3. The molecule has 2 aromatic heterocycles. The molecule has 1 unspecified atom stereocenters. The lowest BCUT2D eigenvalue weighted by Gasteiger charge is -2.22. The zero-order valence-electron chi connectivity index (χ0n) is 17.4. The third kappa shape index (κ3) is 4.13. The minimum absolute atomic E-state index is 0.0662. The molecule has 0 N–H and O–H groups in total. The predicted molar refractivity (Wildman–Crippen MR) is 123 cm³/mol. The number of rotatable bonds is 6. The fourth-order valence-electron chi connectivity index (χ4n) is 3.94. The summed E-state index contributed by atoms with van der Waals surface area (Å²) in [6.07, 6.45) is 1.78. The molecule has 0 radical (unpaired) electrons. The van der Waals surface area contributed by atoms with Crippen molar-refractivity contribution in [3.8, 4) is 5.75 Å². The molecule has 32 heavy (non-hydrogen) atoms. The molecular weight excluding hydrogens is 424 g/mol. The van der Waals surface area contributed by atoms with Crippen LogP contribution in [0.4, 0.5) is 0 Å². The Morgan fingerprint density at radius 3 is 2.72 bits per heavy atom. The number of likely N-dealkylation sites (tertiary alicyclic amines) is 1. The van der Waals surface area contributed by atoms with E-state index in [9.17, 15) is 9.59 Å². The van der Waals surface area contributed by atoms with Crippen molar-refractivity contribution in [2.75, 3.05) is 13.2 Å². The van der Waals surface area contributed by atoms with Crippen LogP contribution in [0.5, 0.6) is 5.75 Å². The fourth-order valence-corrected chi connectivity index (χ4v) is 5.05. The Labute approximate surface area is 188 Å². The highest BCUT2D eigenvalue weighted by molar-refractivity contribution is 7.18. The molecule has 0 bridgehead atoms. The highest BCUT2D eigenvalue weighted by Crippen LogP contribution is 2.37. The number of carbonyl (C=O) groups is 1. The first-order chi connectivity index (χ1) is 15.7. The van der Waals surface area contributed by atoms with Crippen molar-refractivity contribution in [2.45, 2.75) is 25.4 Å². The number of carbonyl (C=O) groups excluding carboxylic acids is 1. The zero-order valence-corrected chi connectivity index (χ0v) is 18.2. The molecule has 7 nitrogen and oxygen atoms in total. The third-order valence-corrected chi connectivity index (χ3v) is 6.65. The molecule has 3 heterocycles. The second-order valence-corrected chi connectivity index (χ2v) is 8.68. The smallest absolute Gasteiger partial charge is 0.274 e. The first-order valence-corrected chi connectivity index (χ1v) is 11.4. The van der Waals surface area contributed by atoms with Gasteiger partial charge in [0.05, 0.1) is 22.8 Å². The van der Waals surface area contributed by atoms with Gasteiger partial charge in [-0.25, -0.2) is 9.67 Å². The largest absolute Gasteiger partial charge is 0.492 e. The van der Waals surface area contributed by atoms with Crippen LogP contribution in [0.3, 0.4) is 0 Å². The van der Waals surface area contributed by atoms with Crippen LogP contribution in [0, 0.1) is 0 Å². The lowest BCUT2D eigenvalue weighted by molar-refractivity contribution is 0.0726. The molecular formula is C24H22N4O3S. The monoisotopic (exact) mass is 446 g/mol. The van der Waals surface area contributed by atoms with Gasteiger partial charge in [0, 0.05) is 12.6 Å². The van der Waals surface area contributed by atoms with Crippen LogP contribution in [0.15, 0.2) is 71.5 Å². The second kappa shape index (κ2) is 8.92. The Bertz CT molecular complexity index is 1270. The van der Waals surface area contributed by atoms with Crippen molar-refractivity contribution in [2.24, 2.45) is 0 Å². The van der Waals surface area contributed by atoms with Crippen LogP contribution < -0.4 is 10.3 Å². The van der Waals surface area contributed by atoms with Gasteiger partial charge < -0.3 is 9.64 Å². The van der Waals surface area contributed by atoms with E-state index in [4.69, 9.17) is 9.72 Å². The van der Waals surface area contributed by atoms with E-state index >= 15 is 0 Å². The molecule has 0 spiro atoms. The molecule has 162 valence electrons. The summed E-state index contributed by atoms with van der Waals surface area (Å²) >= 11 is 1.63. The van der Waals surface area contributed by atoms with Crippen molar-refractivity contribution in [3.63, 3.8) is 0 Å². The number of ether oxygens (including phenoxy) is 1. The summed E-state index contributed by atoms with van der Waals surface area (Å²) in [5, 5.41) is 5.28. The van der Waals surface area contributed by atoms with Crippen LogP contribution in [-0.4, -0.2) is 38.7 Å². The zero-order chi connectivity index (χ0) is 21.9. The number of aromatic nitrogens is 3. The van der Waals surface area contributed by atoms with Gasteiger partial charge >= 0.3 is 0 Å². The van der Waals surface area contributed by atoms with Crippen molar-refractivity contribution in [1.29, 1.82) is 0 Å². The molecule has 1 fully saturated rings. The molecule has 0 saturated carbocycles.